The minimum atomic E-state index is -1.78. The van der Waals surface area contributed by atoms with Crippen molar-refractivity contribution >= 4 is 22.6 Å². The number of nitrogens with one attached hydrogen (secondary N) is 1. The molecule has 3 aromatic heterocycles. The van der Waals surface area contributed by atoms with Gasteiger partial charge in [-0.3, -0.25) is 14.6 Å². The van der Waals surface area contributed by atoms with Crippen LogP contribution in [0.15, 0.2) is 35.4 Å². The Labute approximate surface area is 180 Å². The Morgan fingerprint density at radius 3 is 2.74 bits per heavy atom. The van der Waals surface area contributed by atoms with Crippen molar-refractivity contribution in [2.45, 2.75) is 45.4 Å². The van der Waals surface area contributed by atoms with E-state index < -0.39 is 24.1 Å². The molecule has 3 aromatic rings. The van der Waals surface area contributed by atoms with Gasteiger partial charge in [-0.05, 0) is 37.5 Å². The third-order valence-electron chi connectivity index (χ3n) is 5.59. The van der Waals surface area contributed by atoms with E-state index in [-0.39, 0.29) is 29.9 Å². The molecule has 0 aromatic carbocycles. The number of hydrogen-bond donors (Lipinski definition) is 2. The lowest BCUT2D eigenvalue weighted by atomic mass is 10.0. The molecule has 1 amide bonds. The van der Waals surface area contributed by atoms with Crippen molar-refractivity contribution in [3.63, 3.8) is 0 Å². The Kier molecular flexibility index (Phi) is 5.23. The fraction of sp³-hybridized carbons (Fsp3) is 0.391. The van der Waals surface area contributed by atoms with Gasteiger partial charge in [0.1, 0.15) is 12.0 Å². The van der Waals surface area contributed by atoms with E-state index in [0.717, 1.165) is 5.56 Å². The zero-order chi connectivity index (χ0) is 23.2. The van der Waals surface area contributed by atoms with Gasteiger partial charge in [-0.1, -0.05) is 13.3 Å². The van der Waals surface area contributed by atoms with Gasteiger partial charge < -0.3 is 15.0 Å². The van der Waals surface area contributed by atoms with E-state index in [1.54, 1.807) is 38.4 Å². The third kappa shape index (κ3) is 4.07. The van der Waals surface area contributed by atoms with Gasteiger partial charge in [0.05, 0.1) is 24.6 Å². The van der Waals surface area contributed by atoms with Gasteiger partial charge in [-0.2, -0.15) is 0 Å². The lowest BCUT2D eigenvalue weighted by molar-refractivity contribution is -0.117. The minimum Gasteiger partial charge on any atom is -0.387 e. The number of carbonyl (C=O) groups excluding carboxylic acids is 1. The number of aromatic nitrogens is 3. The van der Waals surface area contributed by atoms with Crippen LogP contribution in [0.4, 0.5) is 10.2 Å². The molecule has 1 saturated carbocycles. The molecule has 0 spiro atoms. The van der Waals surface area contributed by atoms with Gasteiger partial charge in [-0.15, -0.1) is 0 Å². The fourth-order valence-corrected chi connectivity index (χ4v) is 3.64. The molecular formula is C23H25FN4O3. The number of pyridine rings is 3. The van der Waals surface area contributed by atoms with Gasteiger partial charge in [0.15, 0.2) is 0 Å². The summed E-state index contributed by atoms with van der Waals surface area (Å²) in [5.41, 5.74) is 2.28. The SMILES string of the molecule is [2H]C(O)(CCC)c1cc(C)c(-c2cc3cnc(NC(=O)C4CC4F)cc3n(C)c2=O)cn1. The van der Waals surface area contributed by atoms with Crippen LogP contribution in [0.25, 0.3) is 22.0 Å². The second kappa shape index (κ2) is 8.19. The lowest BCUT2D eigenvalue weighted by Gasteiger charge is -2.14. The third-order valence-corrected chi connectivity index (χ3v) is 5.59. The lowest BCUT2D eigenvalue weighted by Crippen LogP contribution is -2.20. The Morgan fingerprint density at radius 2 is 2.10 bits per heavy atom. The molecule has 7 nitrogen and oxygen atoms in total. The average molecular weight is 425 g/mol. The number of anilines is 1. The van der Waals surface area contributed by atoms with Crippen LogP contribution in [0.3, 0.4) is 0 Å². The summed E-state index contributed by atoms with van der Waals surface area (Å²) in [6.07, 6.45) is 1.30. The van der Waals surface area contributed by atoms with Gasteiger partial charge in [-0.25, -0.2) is 9.37 Å². The molecule has 1 fully saturated rings. The topological polar surface area (TPSA) is 97.1 Å². The maximum Gasteiger partial charge on any atom is 0.258 e. The van der Waals surface area contributed by atoms with Crippen molar-refractivity contribution in [1.29, 1.82) is 0 Å². The molecule has 31 heavy (non-hydrogen) atoms. The van der Waals surface area contributed by atoms with E-state index in [9.17, 15) is 19.1 Å². The largest absolute Gasteiger partial charge is 0.387 e. The zero-order valence-electron chi connectivity index (χ0n) is 18.6. The molecular weight excluding hydrogens is 399 g/mol. The van der Waals surface area contributed by atoms with Gasteiger partial charge >= 0.3 is 0 Å². The number of aryl methyl sites for hydroxylation is 2. The maximum absolute atomic E-state index is 13.1. The van der Waals surface area contributed by atoms with Crippen molar-refractivity contribution in [3.8, 4) is 11.1 Å². The molecule has 2 N–H and O–H groups in total. The van der Waals surface area contributed by atoms with Crippen LogP contribution in [-0.4, -0.2) is 31.7 Å². The Balaban J connectivity index is 1.71. The summed E-state index contributed by atoms with van der Waals surface area (Å²) in [5, 5.41) is 13.6. The van der Waals surface area contributed by atoms with Crippen molar-refractivity contribution in [1.82, 2.24) is 14.5 Å². The van der Waals surface area contributed by atoms with E-state index in [2.05, 4.69) is 15.3 Å². The number of hydrogen-bond acceptors (Lipinski definition) is 5. The summed E-state index contributed by atoms with van der Waals surface area (Å²) in [7, 11) is 1.62. The number of alkyl halides is 1. The highest BCUT2D eigenvalue weighted by Crippen LogP contribution is 2.34. The summed E-state index contributed by atoms with van der Waals surface area (Å²) in [6, 6.07) is 4.93. The minimum absolute atomic E-state index is 0.226. The van der Waals surface area contributed by atoms with E-state index >= 15 is 0 Å². The molecule has 3 atom stereocenters. The van der Waals surface area contributed by atoms with Crippen LogP contribution in [-0.2, 0) is 11.8 Å². The van der Waals surface area contributed by atoms with Crippen LogP contribution in [0.5, 0.6) is 0 Å². The molecule has 4 rings (SSSR count). The summed E-state index contributed by atoms with van der Waals surface area (Å²) < 4.78 is 22.7. The van der Waals surface area contributed by atoms with Crippen LogP contribution < -0.4 is 10.9 Å². The molecule has 0 bridgehead atoms. The summed E-state index contributed by atoms with van der Waals surface area (Å²) in [6.45, 7) is 3.69. The normalized spacial score (nSPS) is 20.2. The second-order valence-corrected chi connectivity index (χ2v) is 7.98. The highest BCUT2D eigenvalue weighted by Gasteiger charge is 2.43. The van der Waals surface area contributed by atoms with Crippen molar-refractivity contribution in [3.05, 3.63) is 52.2 Å². The number of carbonyl (C=O) groups is 1. The van der Waals surface area contributed by atoms with Crippen molar-refractivity contribution < 1.29 is 15.7 Å². The van der Waals surface area contributed by atoms with Crippen molar-refractivity contribution in [2.75, 3.05) is 5.32 Å². The number of amides is 1. The van der Waals surface area contributed by atoms with Crippen LogP contribution in [0.2, 0.25) is 0 Å². The number of aliphatic hydroxyl groups is 1. The first kappa shape index (κ1) is 19.8. The number of rotatable bonds is 6. The summed E-state index contributed by atoms with van der Waals surface area (Å²) >= 11 is 0. The van der Waals surface area contributed by atoms with E-state index in [4.69, 9.17) is 1.37 Å². The van der Waals surface area contributed by atoms with Gasteiger partial charge in [0.25, 0.3) is 5.56 Å². The molecule has 0 saturated heterocycles. The van der Waals surface area contributed by atoms with E-state index in [1.165, 1.54) is 10.8 Å². The molecule has 3 heterocycles. The Bertz CT molecular complexity index is 1270. The molecule has 1 aliphatic carbocycles. The first-order valence-corrected chi connectivity index (χ1v) is 10.3. The van der Waals surface area contributed by atoms with Crippen molar-refractivity contribution in [2.24, 2.45) is 13.0 Å². The standard InChI is InChI=1S/C23H25FN4O3/c1-4-5-20(29)18-6-12(2)16(11-25-18)14-7-13-10-26-21(9-19(13)28(3)23(14)31)27-22(30)15-8-17(15)24/h6-7,9-11,15,17,20,29H,4-5,8H2,1-3H3,(H,26,27,30)/i20D. The quantitative estimate of drug-likeness (QED) is 0.631. The van der Waals surface area contributed by atoms with E-state index in [1.807, 2.05) is 6.92 Å². The van der Waals surface area contributed by atoms with Gasteiger partial charge in [0, 0.05) is 42.0 Å². The first-order valence-electron chi connectivity index (χ1n) is 10.8. The number of fused-ring (bicyclic) bond motifs is 1. The molecule has 162 valence electrons. The van der Waals surface area contributed by atoms with Gasteiger partial charge in [0.2, 0.25) is 5.91 Å². The summed E-state index contributed by atoms with van der Waals surface area (Å²) in [4.78, 5) is 33.6. The highest BCUT2D eigenvalue weighted by atomic mass is 19.1. The zero-order valence-corrected chi connectivity index (χ0v) is 17.6. The fourth-order valence-electron chi connectivity index (χ4n) is 3.64. The van der Waals surface area contributed by atoms with Crippen LogP contribution >= 0.6 is 0 Å². The Hall–Kier alpha value is -3.13. The highest BCUT2D eigenvalue weighted by molar-refractivity contribution is 5.95. The molecule has 0 aliphatic heterocycles. The summed E-state index contributed by atoms with van der Waals surface area (Å²) in [5.74, 6) is -0.779. The average Bonchev–Trinajstić information content (AvgIpc) is 3.48. The predicted molar refractivity (Wildman–Crippen MR) is 116 cm³/mol. The smallest absolute Gasteiger partial charge is 0.258 e. The Morgan fingerprint density at radius 1 is 1.35 bits per heavy atom. The number of nitrogens with zero attached hydrogens (tertiary/aromatic N) is 3. The monoisotopic (exact) mass is 425 g/mol. The first-order chi connectivity index (χ1) is 15.1. The number of halogens is 1. The van der Waals surface area contributed by atoms with E-state index in [0.29, 0.717) is 28.5 Å². The predicted octanol–water partition coefficient (Wildman–Crippen LogP) is 3.43. The molecule has 1 aliphatic rings. The molecule has 3 unspecified atom stereocenters. The van der Waals surface area contributed by atoms with Crippen LogP contribution in [0.1, 0.15) is 44.9 Å². The van der Waals surface area contributed by atoms with Crippen LogP contribution in [0, 0.1) is 12.8 Å². The molecule has 0 radical (unpaired) electrons. The molecule has 8 heteroatoms. The second-order valence-electron chi connectivity index (χ2n) is 7.98. The maximum atomic E-state index is 13.1.